The molecular weight excluding hydrogens is 372 g/mol. The van der Waals surface area contributed by atoms with E-state index in [-0.39, 0.29) is 12.2 Å². The highest BCUT2D eigenvalue weighted by atomic mass is 32.2. The van der Waals surface area contributed by atoms with Crippen molar-refractivity contribution in [1.82, 2.24) is 19.6 Å². The Hall–Kier alpha value is -2.65. The maximum absolute atomic E-state index is 12.0. The Balaban J connectivity index is 1.37. The second-order valence-corrected chi connectivity index (χ2v) is 7.30. The molecule has 26 heavy (non-hydrogen) atoms. The summed E-state index contributed by atoms with van der Waals surface area (Å²) in [6.07, 6.45) is 1.71. The van der Waals surface area contributed by atoms with Crippen LogP contribution in [0.4, 0.5) is 0 Å². The first-order valence-electron chi connectivity index (χ1n) is 7.78. The van der Waals surface area contributed by atoms with Crippen molar-refractivity contribution in [3.05, 3.63) is 69.4 Å². The predicted octanol–water partition coefficient (Wildman–Crippen LogP) is 3.32. The first kappa shape index (κ1) is 16.8. The molecule has 4 rings (SSSR count). The molecule has 3 aromatic heterocycles. The highest BCUT2D eigenvalue weighted by molar-refractivity contribution is 7.98. The summed E-state index contributed by atoms with van der Waals surface area (Å²) in [7, 11) is 0. The summed E-state index contributed by atoms with van der Waals surface area (Å²) in [6, 6.07) is 9.27. The van der Waals surface area contributed by atoms with Gasteiger partial charge in [0.2, 0.25) is 0 Å². The van der Waals surface area contributed by atoms with Crippen molar-refractivity contribution in [2.45, 2.75) is 24.5 Å². The summed E-state index contributed by atoms with van der Waals surface area (Å²) in [5.41, 5.74) is 1.71. The van der Waals surface area contributed by atoms with E-state index in [1.807, 2.05) is 36.6 Å². The number of ether oxygens (including phenoxy) is 1. The van der Waals surface area contributed by atoms with Gasteiger partial charge in [0.15, 0.2) is 11.6 Å². The summed E-state index contributed by atoms with van der Waals surface area (Å²) in [6.45, 7) is 2.21. The van der Waals surface area contributed by atoms with E-state index in [0.29, 0.717) is 27.5 Å². The number of benzene rings is 1. The van der Waals surface area contributed by atoms with Crippen LogP contribution in [0.25, 0.3) is 4.96 Å². The van der Waals surface area contributed by atoms with Crippen LogP contribution in [-0.2, 0) is 12.4 Å². The van der Waals surface area contributed by atoms with E-state index in [1.165, 1.54) is 33.6 Å². The molecule has 0 saturated carbocycles. The van der Waals surface area contributed by atoms with Crippen LogP contribution in [0.3, 0.4) is 0 Å². The van der Waals surface area contributed by atoms with Gasteiger partial charge < -0.3 is 9.15 Å². The molecule has 7 nitrogen and oxygen atoms in total. The third kappa shape index (κ3) is 3.78. The first-order chi connectivity index (χ1) is 12.7. The van der Waals surface area contributed by atoms with Gasteiger partial charge in [0, 0.05) is 23.4 Å². The van der Waals surface area contributed by atoms with Crippen molar-refractivity contribution >= 4 is 28.1 Å². The molecule has 0 amide bonds. The third-order valence-electron chi connectivity index (χ3n) is 3.50. The molecule has 132 valence electrons. The van der Waals surface area contributed by atoms with Crippen molar-refractivity contribution in [2.75, 3.05) is 0 Å². The maximum Gasteiger partial charge on any atom is 0.277 e. The Morgan fingerprint density at radius 2 is 2.23 bits per heavy atom. The third-order valence-corrected chi connectivity index (χ3v) is 5.11. The zero-order valence-electron chi connectivity index (χ0n) is 13.8. The SMILES string of the molecule is Cc1cccc(OCc2nnc(SCc3cc(=O)n4ccsc4n3)o2)c1. The van der Waals surface area contributed by atoms with E-state index >= 15 is 0 Å². The second-order valence-electron chi connectivity index (χ2n) is 5.50. The van der Waals surface area contributed by atoms with Gasteiger partial charge in [0.25, 0.3) is 16.7 Å². The molecule has 0 aliphatic heterocycles. The topological polar surface area (TPSA) is 82.5 Å². The average Bonchev–Trinajstić information content (AvgIpc) is 3.28. The van der Waals surface area contributed by atoms with Crippen LogP contribution in [0.2, 0.25) is 0 Å². The lowest BCUT2D eigenvalue weighted by atomic mass is 10.2. The Kier molecular flexibility index (Phi) is 4.72. The Bertz CT molecular complexity index is 1100. The number of hydrogen-bond donors (Lipinski definition) is 0. The predicted molar refractivity (Wildman–Crippen MR) is 98.7 cm³/mol. The van der Waals surface area contributed by atoms with Crippen molar-refractivity contribution < 1.29 is 9.15 Å². The van der Waals surface area contributed by atoms with E-state index in [1.54, 1.807) is 6.20 Å². The van der Waals surface area contributed by atoms with Gasteiger partial charge in [-0.25, -0.2) is 4.98 Å². The maximum atomic E-state index is 12.0. The van der Waals surface area contributed by atoms with Crippen LogP contribution in [-0.4, -0.2) is 19.6 Å². The molecular formula is C17H14N4O3S2. The number of nitrogens with zero attached hydrogens (tertiary/aromatic N) is 4. The molecule has 1 aromatic carbocycles. The van der Waals surface area contributed by atoms with Gasteiger partial charge in [0.1, 0.15) is 5.75 Å². The van der Waals surface area contributed by atoms with E-state index in [4.69, 9.17) is 9.15 Å². The fraction of sp³-hybridized carbons (Fsp3) is 0.176. The minimum Gasteiger partial charge on any atom is -0.484 e. The molecule has 0 fully saturated rings. The molecule has 0 unspecified atom stereocenters. The van der Waals surface area contributed by atoms with Gasteiger partial charge in [-0.3, -0.25) is 9.20 Å². The molecule has 0 aliphatic carbocycles. The lowest BCUT2D eigenvalue weighted by Gasteiger charge is -2.03. The molecule has 0 spiro atoms. The summed E-state index contributed by atoms with van der Waals surface area (Å²) in [4.78, 5) is 17.1. The minimum absolute atomic E-state index is 0.0929. The van der Waals surface area contributed by atoms with E-state index < -0.39 is 0 Å². The van der Waals surface area contributed by atoms with Crippen LogP contribution in [0.1, 0.15) is 17.1 Å². The molecule has 9 heteroatoms. The summed E-state index contributed by atoms with van der Waals surface area (Å²) < 4.78 is 12.7. The average molecular weight is 386 g/mol. The molecule has 0 aliphatic rings. The highest BCUT2D eigenvalue weighted by Crippen LogP contribution is 2.21. The fourth-order valence-electron chi connectivity index (χ4n) is 2.30. The number of aromatic nitrogens is 4. The molecule has 0 N–H and O–H groups in total. The lowest BCUT2D eigenvalue weighted by Crippen LogP contribution is -2.12. The van der Waals surface area contributed by atoms with Gasteiger partial charge in [-0.2, -0.15) is 0 Å². The van der Waals surface area contributed by atoms with Crippen LogP contribution in [0.15, 0.2) is 56.3 Å². The first-order valence-corrected chi connectivity index (χ1v) is 9.64. The zero-order chi connectivity index (χ0) is 17.9. The molecule has 0 atom stereocenters. The normalized spacial score (nSPS) is 11.1. The van der Waals surface area contributed by atoms with E-state index in [9.17, 15) is 4.79 Å². The number of thiazole rings is 1. The van der Waals surface area contributed by atoms with E-state index in [2.05, 4.69) is 15.2 Å². The molecule has 0 radical (unpaired) electrons. The van der Waals surface area contributed by atoms with Crippen molar-refractivity contribution in [2.24, 2.45) is 0 Å². The summed E-state index contributed by atoms with van der Waals surface area (Å²) in [5.74, 6) is 1.63. The number of rotatable bonds is 6. The van der Waals surface area contributed by atoms with Crippen LogP contribution >= 0.6 is 23.1 Å². The zero-order valence-corrected chi connectivity index (χ0v) is 15.4. The lowest BCUT2D eigenvalue weighted by molar-refractivity contribution is 0.252. The van der Waals surface area contributed by atoms with Crippen LogP contribution in [0, 0.1) is 6.92 Å². The molecule has 3 heterocycles. The fourth-order valence-corrected chi connectivity index (χ4v) is 3.71. The Morgan fingerprint density at radius 1 is 1.31 bits per heavy atom. The Labute approximate surface area is 156 Å². The van der Waals surface area contributed by atoms with Crippen molar-refractivity contribution in [3.8, 4) is 5.75 Å². The standard InChI is InChI=1S/C17H14N4O3S2/c1-11-3-2-4-13(7-11)23-9-14-19-20-17(24-14)26-10-12-8-15(22)21-5-6-25-16(21)18-12/h2-8H,9-10H2,1H3. The largest absolute Gasteiger partial charge is 0.484 e. The molecule has 0 saturated heterocycles. The van der Waals surface area contributed by atoms with E-state index in [0.717, 1.165) is 11.3 Å². The highest BCUT2D eigenvalue weighted by Gasteiger charge is 2.10. The smallest absolute Gasteiger partial charge is 0.277 e. The second kappa shape index (κ2) is 7.30. The molecule has 0 bridgehead atoms. The van der Waals surface area contributed by atoms with Gasteiger partial charge in [-0.05, 0) is 24.6 Å². The Morgan fingerprint density at radius 3 is 3.12 bits per heavy atom. The van der Waals surface area contributed by atoms with Gasteiger partial charge >= 0.3 is 0 Å². The number of fused-ring (bicyclic) bond motifs is 1. The van der Waals surface area contributed by atoms with Crippen molar-refractivity contribution in [1.29, 1.82) is 0 Å². The minimum atomic E-state index is -0.0929. The number of thioether (sulfide) groups is 1. The van der Waals surface area contributed by atoms with Gasteiger partial charge in [-0.15, -0.1) is 21.5 Å². The number of aryl methyl sites for hydroxylation is 1. The van der Waals surface area contributed by atoms with Gasteiger partial charge in [-0.1, -0.05) is 23.9 Å². The summed E-state index contributed by atoms with van der Waals surface area (Å²) in [5, 5.41) is 10.2. The van der Waals surface area contributed by atoms with Crippen LogP contribution < -0.4 is 10.3 Å². The quantitative estimate of drug-likeness (QED) is 0.470. The summed E-state index contributed by atoms with van der Waals surface area (Å²) >= 11 is 2.76. The van der Waals surface area contributed by atoms with Gasteiger partial charge in [0.05, 0.1) is 5.69 Å². The number of hydrogen-bond acceptors (Lipinski definition) is 8. The van der Waals surface area contributed by atoms with Crippen molar-refractivity contribution in [3.63, 3.8) is 0 Å². The molecule has 4 aromatic rings. The monoisotopic (exact) mass is 386 g/mol. The van der Waals surface area contributed by atoms with Crippen LogP contribution in [0.5, 0.6) is 5.75 Å².